The highest BCUT2D eigenvalue weighted by Gasteiger charge is 2.11. The molecule has 3 aromatic carbocycles. The van der Waals surface area contributed by atoms with E-state index in [9.17, 15) is 9.59 Å². The minimum Gasteiger partial charge on any atom is -0.479 e. The molecule has 0 aliphatic heterocycles. The van der Waals surface area contributed by atoms with E-state index < -0.39 is 12.6 Å². The van der Waals surface area contributed by atoms with Gasteiger partial charge in [0.25, 0.3) is 5.56 Å². The van der Waals surface area contributed by atoms with Crippen molar-refractivity contribution < 1.29 is 14.6 Å². The Hall–Kier alpha value is -4.56. The minimum atomic E-state index is -1.04. The third kappa shape index (κ3) is 5.92. The zero-order chi connectivity index (χ0) is 25.5. The molecule has 0 atom stereocenters. The standard InChI is InChI=1S/C31H27NO4/c1-3-24-18-22(2)13-15-28(24)29-12-5-4-11-27(29)25-14-16-30(33)32(20-25)17-7-9-23-8-6-10-26(19-23)36-21-31(34)35/h3-5,8,11-16,18-20H,1,7,9,17,21H2,2H3,(H,34,35). The molecule has 0 saturated heterocycles. The minimum absolute atomic E-state index is 0.0585. The summed E-state index contributed by atoms with van der Waals surface area (Å²) in [5, 5.41) is 8.78. The number of aromatic nitrogens is 1. The van der Waals surface area contributed by atoms with Gasteiger partial charge in [0, 0.05) is 18.8 Å². The molecule has 0 amide bonds. The van der Waals surface area contributed by atoms with Gasteiger partial charge in [0.05, 0.1) is 0 Å². The molecule has 5 heteroatoms. The summed E-state index contributed by atoms with van der Waals surface area (Å²) in [5.74, 6) is -0.696. The van der Waals surface area contributed by atoms with E-state index in [0.29, 0.717) is 18.7 Å². The number of nitrogens with zero attached hydrogens (tertiary/aromatic N) is 1. The van der Waals surface area contributed by atoms with Gasteiger partial charge in [-0.1, -0.05) is 66.7 Å². The Bertz CT molecular complexity index is 1450. The Balaban J connectivity index is 1.55. The maximum absolute atomic E-state index is 12.6. The van der Waals surface area contributed by atoms with Crippen LogP contribution in [0.2, 0.25) is 0 Å². The summed E-state index contributed by atoms with van der Waals surface area (Å²) in [4.78, 5) is 23.3. The summed E-state index contributed by atoms with van der Waals surface area (Å²) in [6.45, 7) is 6.17. The third-order valence-corrected chi connectivity index (χ3v) is 5.92. The second kappa shape index (κ2) is 11.2. The van der Waals surface area contributed by atoms with E-state index in [1.807, 2.05) is 30.5 Å². The van der Waals surface area contributed by atoms with Crippen LogP contribution in [0, 0.1) is 19.1 Å². The number of rotatable bonds is 10. The van der Waals surface area contributed by atoms with Gasteiger partial charge in [0.2, 0.25) is 0 Å². The first-order chi connectivity index (χ1) is 17.4. The number of benzene rings is 2. The molecule has 1 heterocycles. The van der Waals surface area contributed by atoms with Crippen molar-refractivity contribution in [3.8, 4) is 28.0 Å². The molecule has 0 spiro atoms. The van der Waals surface area contributed by atoms with Crippen molar-refractivity contribution in [1.82, 2.24) is 4.57 Å². The Morgan fingerprint density at radius 3 is 2.67 bits per heavy atom. The number of carboxylic acids is 1. The zero-order valence-electron chi connectivity index (χ0n) is 20.2. The van der Waals surface area contributed by atoms with Crippen molar-refractivity contribution in [3.63, 3.8) is 0 Å². The maximum Gasteiger partial charge on any atom is 0.341 e. The van der Waals surface area contributed by atoms with Crippen molar-refractivity contribution in [2.75, 3.05) is 6.61 Å². The first-order valence-electron chi connectivity index (χ1n) is 11.7. The molecular formula is C31H27NO4. The molecule has 5 nitrogen and oxygen atoms in total. The Kier molecular flexibility index (Phi) is 7.67. The van der Waals surface area contributed by atoms with Gasteiger partial charge in [-0.25, -0.2) is 4.79 Å². The molecule has 0 radical (unpaired) electrons. The molecule has 1 aromatic heterocycles. The van der Waals surface area contributed by atoms with E-state index in [1.165, 1.54) is 5.56 Å². The molecule has 0 aliphatic carbocycles. The number of hydrogen-bond acceptors (Lipinski definition) is 3. The van der Waals surface area contributed by atoms with E-state index in [1.54, 1.807) is 22.8 Å². The van der Waals surface area contributed by atoms with Crippen LogP contribution in [0.4, 0.5) is 0 Å². The average Bonchev–Trinajstić information content (AvgIpc) is 2.89. The lowest BCUT2D eigenvalue weighted by atomic mass is 9.91. The van der Waals surface area contributed by atoms with Crippen LogP contribution in [0.25, 0.3) is 28.3 Å². The number of aliphatic carboxylic acids is 1. The van der Waals surface area contributed by atoms with Crippen molar-refractivity contribution in [2.45, 2.75) is 26.3 Å². The predicted molar refractivity (Wildman–Crippen MR) is 142 cm³/mol. The lowest BCUT2D eigenvalue weighted by molar-refractivity contribution is -0.139. The van der Waals surface area contributed by atoms with Crippen LogP contribution < -0.4 is 10.3 Å². The van der Waals surface area contributed by atoms with Crippen LogP contribution in [-0.2, 0) is 17.8 Å². The van der Waals surface area contributed by atoms with Crippen molar-refractivity contribution in [3.05, 3.63) is 119 Å². The second-order valence-electron chi connectivity index (χ2n) is 8.57. The fourth-order valence-corrected chi connectivity index (χ4v) is 4.19. The topological polar surface area (TPSA) is 68.5 Å². The largest absolute Gasteiger partial charge is 0.479 e. The molecule has 36 heavy (non-hydrogen) atoms. The highest BCUT2D eigenvalue weighted by atomic mass is 16.5. The van der Waals surface area contributed by atoms with Gasteiger partial charge in [-0.15, -0.1) is 0 Å². The molecule has 0 bridgehead atoms. The molecule has 1 N–H and O–H groups in total. The summed E-state index contributed by atoms with van der Waals surface area (Å²) in [6, 6.07) is 27.2. The van der Waals surface area contributed by atoms with Gasteiger partial charge in [-0.2, -0.15) is 0 Å². The Labute approximate surface area is 210 Å². The number of aryl methyl sites for hydroxylation is 3. The van der Waals surface area contributed by atoms with E-state index in [-0.39, 0.29) is 5.56 Å². The first-order valence-corrected chi connectivity index (χ1v) is 11.7. The van der Waals surface area contributed by atoms with E-state index >= 15 is 0 Å². The second-order valence-corrected chi connectivity index (χ2v) is 8.57. The number of carboxylic acid groups (broad SMARTS) is 1. The Morgan fingerprint density at radius 2 is 1.89 bits per heavy atom. The summed E-state index contributed by atoms with van der Waals surface area (Å²) < 4.78 is 6.91. The average molecular weight is 478 g/mol. The van der Waals surface area contributed by atoms with Crippen molar-refractivity contribution in [1.29, 1.82) is 0 Å². The predicted octanol–water partition coefficient (Wildman–Crippen LogP) is 5.83. The van der Waals surface area contributed by atoms with Crippen LogP contribution in [0.1, 0.15) is 23.1 Å². The van der Waals surface area contributed by atoms with Crippen LogP contribution in [0.5, 0.6) is 5.75 Å². The lowest BCUT2D eigenvalue weighted by Crippen LogP contribution is -2.19. The van der Waals surface area contributed by atoms with E-state index in [0.717, 1.165) is 39.8 Å². The maximum atomic E-state index is 12.6. The highest BCUT2D eigenvalue weighted by molar-refractivity contribution is 5.87. The quantitative estimate of drug-likeness (QED) is 0.312. The van der Waals surface area contributed by atoms with Gasteiger partial charge >= 0.3 is 5.97 Å². The fourth-order valence-electron chi connectivity index (χ4n) is 4.19. The number of hydrogen-bond donors (Lipinski definition) is 1. The fraction of sp³-hybridized carbons (Fsp3) is 0.161. The monoisotopic (exact) mass is 477 g/mol. The van der Waals surface area contributed by atoms with Gasteiger partial charge in [-0.05, 0) is 77.4 Å². The third-order valence-electron chi connectivity index (χ3n) is 5.92. The SMILES string of the molecule is C=Cc1cc(C)ccc1-c1ccccc1-c1ccc(=O)n(CCCc2cc#cc(OCC(=O)O)c2)c1. The molecule has 4 aromatic rings. The first kappa shape index (κ1) is 24.6. The highest BCUT2D eigenvalue weighted by Crippen LogP contribution is 2.34. The Morgan fingerprint density at radius 1 is 1.08 bits per heavy atom. The van der Waals surface area contributed by atoms with Crippen LogP contribution in [-0.4, -0.2) is 22.2 Å². The number of carbonyl (C=O) groups is 1. The van der Waals surface area contributed by atoms with Crippen LogP contribution >= 0.6 is 0 Å². The molecule has 0 fully saturated rings. The normalized spacial score (nSPS) is 10.5. The van der Waals surface area contributed by atoms with Gasteiger partial charge in [0.1, 0.15) is 0 Å². The van der Waals surface area contributed by atoms with Gasteiger partial charge in [0.15, 0.2) is 12.4 Å². The van der Waals surface area contributed by atoms with Gasteiger partial charge < -0.3 is 14.4 Å². The smallest absolute Gasteiger partial charge is 0.341 e. The molecule has 0 aliphatic rings. The molecule has 4 rings (SSSR count). The van der Waals surface area contributed by atoms with Crippen LogP contribution in [0.3, 0.4) is 0 Å². The summed E-state index contributed by atoms with van der Waals surface area (Å²) in [5.41, 5.74) is 7.33. The van der Waals surface area contributed by atoms with Crippen molar-refractivity contribution >= 4 is 12.0 Å². The van der Waals surface area contributed by atoms with E-state index in [2.05, 4.69) is 56.0 Å². The van der Waals surface area contributed by atoms with E-state index in [4.69, 9.17) is 9.84 Å². The zero-order valence-corrected chi connectivity index (χ0v) is 20.2. The molecule has 0 saturated carbocycles. The van der Waals surface area contributed by atoms with Crippen LogP contribution in [0.15, 0.2) is 84.3 Å². The van der Waals surface area contributed by atoms with Crippen molar-refractivity contribution in [2.24, 2.45) is 0 Å². The number of pyridine rings is 1. The summed E-state index contributed by atoms with van der Waals surface area (Å²) in [7, 11) is 0. The number of ether oxygens (including phenoxy) is 1. The molecule has 0 unspecified atom stereocenters. The van der Waals surface area contributed by atoms with Gasteiger partial charge in [-0.3, -0.25) is 4.79 Å². The lowest BCUT2D eigenvalue weighted by Gasteiger charge is -2.15. The molecule has 180 valence electrons. The summed E-state index contributed by atoms with van der Waals surface area (Å²) >= 11 is 0. The summed E-state index contributed by atoms with van der Waals surface area (Å²) in [6.07, 6.45) is 5.19. The molecular weight excluding hydrogens is 450 g/mol.